The minimum atomic E-state index is -0.0298. The van der Waals surface area contributed by atoms with Crippen LogP contribution in [0.5, 0.6) is 0 Å². The summed E-state index contributed by atoms with van der Waals surface area (Å²) in [5, 5.41) is 4.99. The van der Waals surface area contributed by atoms with Crippen molar-refractivity contribution in [3.63, 3.8) is 0 Å². The fraction of sp³-hybridized carbons (Fsp3) is 0.176. The number of benzene rings is 2. The minimum Gasteiger partial charge on any atom is -0.287 e. The first-order valence-corrected chi connectivity index (χ1v) is 6.66. The normalized spacial score (nSPS) is 10.9. The molecule has 0 radical (unpaired) electrons. The van der Waals surface area contributed by atoms with Crippen molar-refractivity contribution in [2.24, 2.45) is 0 Å². The smallest absolute Gasteiger partial charge is 0.207 e. The molecular weight excluding hydrogens is 248 g/mol. The average molecular weight is 264 g/mol. The Morgan fingerprint density at radius 2 is 1.90 bits per heavy atom. The molecular formula is C17H16N2O. The first-order valence-electron chi connectivity index (χ1n) is 6.66. The lowest BCUT2D eigenvalue weighted by Crippen LogP contribution is -2.13. The van der Waals surface area contributed by atoms with E-state index in [0.717, 1.165) is 5.52 Å². The molecule has 0 aliphatic rings. The van der Waals surface area contributed by atoms with Crippen molar-refractivity contribution in [2.75, 3.05) is 0 Å². The van der Waals surface area contributed by atoms with E-state index in [4.69, 9.17) is 0 Å². The summed E-state index contributed by atoms with van der Waals surface area (Å²) in [5.41, 5.74) is 4.54. The van der Waals surface area contributed by atoms with Gasteiger partial charge in [-0.15, -0.1) is 0 Å². The van der Waals surface area contributed by atoms with Crippen LogP contribution in [-0.4, -0.2) is 9.78 Å². The third-order valence-corrected chi connectivity index (χ3v) is 3.59. The topological polar surface area (TPSA) is 34.9 Å². The maximum absolute atomic E-state index is 11.8. The van der Waals surface area contributed by atoms with E-state index in [0.29, 0.717) is 11.9 Å². The van der Waals surface area contributed by atoms with Crippen molar-refractivity contribution in [2.45, 2.75) is 20.4 Å². The van der Waals surface area contributed by atoms with Crippen LogP contribution in [0.3, 0.4) is 0 Å². The Balaban J connectivity index is 2.14. The summed E-state index contributed by atoms with van der Waals surface area (Å²) in [6.07, 6.45) is 1.40. The van der Waals surface area contributed by atoms with Crippen LogP contribution in [0.4, 0.5) is 0 Å². The van der Waals surface area contributed by atoms with E-state index in [1.54, 1.807) is 0 Å². The minimum absolute atomic E-state index is 0.0298. The monoisotopic (exact) mass is 264 g/mol. The van der Waals surface area contributed by atoms with Gasteiger partial charge in [-0.25, -0.2) is 0 Å². The molecule has 0 aliphatic carbocycles. The zero-order valence-corrected chi connectivity index (χ0v) is 11.6. The van der Waals surface area contributed by atoms with Crippen LogP contribution in [0.1, 0.15) is 16.7 Å². The second-order valence-corrected chi connectivity index (χ2v) is 5.11. The molecule has 0 saturated carbocycles. The predicted molar refractivity (Wildman–Crippen MR) is 81.0 cm³/mol. The summed E-state index contributed by atoms with van der Waals surface area (Å²) in [6, 6.07) is 14.0. The Morgan fingerprint density at radius 1 is 1.10 bits per heavy atom. The summed E-state index contributed by atoms with van der Waals surface area (Å²) in [6.45, 7) is 4.85. The summed E-state index contributed by atoms with van der Waals surface area (Å²) >= 11 is 0. The van der Waals surface area contributed by atoms with Gasteiger partial charge in [0.1, 0.15) is 0 Å². The van der Waals surface area contributed by atoms with E-state index in [1.165, 1.54) is 22.9 Å². The number of rotatable bonds is 2. The second kappa shape index (κ2) is 4.93. The number of hydrogen-bond donors (Lipinski definition) is 0. The molecule has 0 bridgehead atoms. The van der Waals surface area contributed by atoms with Gasteiger partial charge in [0.2, 0.25) is 5.43 Å². The summed E-state index contributed by atoms with van der Waals surface area (Å²) < 4.78 is 1.89. The van der Waals surface area contributed by atoms with Crippen molar-refractivity contribution >= 4 is 10.9 Å². The lowest BCUT2D eigenvalue weighted by molar-refractivity contribution is 0.691. The van der Waals surface area contributed by atoms with E-state index in [2.05, 4.69) is 37.1 Å². The first kappa shape index (κ1) is 12.6. The zero-order valence-electron chi connectivity index (χ0n) is 11.6. The highest BCUT2D eigenvalue weighted by molar-refractivity contribution is 5.78. The summed E-state index contributed by atoms with van der Waals surface area (Å²) in [5.74, 6) is 0. The summed E-state index contributed by atoms with van der Waals surface area (Å²) in [7, 11) is 0. The summed E-state index contributed by atoms with van der Waals surface area (Å²) in [4.78, 5) is 11.8. The standard InChI is InChI=1S/C17H16N2O/c1-12-7-8-13(2)14(9-12)11-19-16-6-4-3-5-15(16)17(20)10-18-19/h3-10H,11H2,1-2H3. The van der Waals surface area contributed by atoms with Gasteiger partial charge in [-0.2, -0.15) is 5.10 Å². The molecule has 0 atom stereocenters. The lowest BCUT2D eigenvalue weighted by Gasteiger charge is -2.11. The molecule has 3 rings (SSSR count). The number of aromatic nitrogens is 2. The molecule has 3 nitrogen and oxygen atoms in total. The molecule has 3 aromatic rings. The van der Waals surface area contributed by atoms with Crippen molar-refractivity contribution in [1.82, 2.24) is 9.78 Å². The SMILES string of the molecule is Cc1ccc(C)c(Cn2ncc(=O)c3ccccc32)c1. The molecule has 1 heterocycles. The Kier molecular flexibility index (Phi) is 3.11. The van der Waals surface area contributed by atoms with E-state index < -0.39 is 0 Å². The van der Waals surface area contributed by atoms with E-state index in [9.17, 15) is 4.79 Å². The van der Waals surface area contributed by atoms with Gasteiger partial charge < -0.3 is 0 Å². The van der Waals surface area contributed by atoms with Gasteiger partial charge in [0, 0.05) is 5.39 Å². The van der Waals surface area contributed by atoms with Gasteiger partial charge in [-0.05, 0) is 37.1 Å². The Hall–Kier alpha value is -2.42. The van der Waals surface area contributed by atoms with Crippen LogP contribution in [-0.2, 0) is 6.54 Å². The number of para-hydroxylation sites is 1. The van der Waals surface area contributed by atoms with Crippen LogP contribution >= 0.6 is 0 Å². The molecule has 100 valence electrons. The van der Waals surface area contributed by atoms with Gasteiger partial charge in [0.05, 0.1) is 18.3 Å². The van der Waals surface area contributed by atoms with E-state index in [-0.39, 0.29) is 5.43 Å². The zero-order chi connectivity index (χ0) is 14.1. The largest absolute Gasteiger partial charge is 0.287 e. The molecule has 2 aromatic carbocycles. The molecule has 0 aliphatic heterocycles. The van der Waals surface area contributed by atoms with Gasteiger partial charge in [0.25, 0.3) is 0 Å². The van der Waals surface area contributed by atoms with Crippen LogP contribution in [0.15, 0.2) is 53.5 Å². The van der Waals surface area contributed by atoms with E-state index >= 15 is 0 Å². The first-order chi connectivity index (χ1) is 9.65. The van der Waals surface area contributed by atoms with Crippen molar-refractivity contribution in [3.05, 3.63) is 75.6 Å². The highest BCUT2D eigenvalue weighted by atomic mass is 16.1. The molecule has 0 spiro atoms. The number of nitrogens with zero attached hydrogens (tertiary/aromatic N) is 2. The average Bonchev–Trinajstić information content (AvgIpc) is 2.46. The Bertz CT molecular complexity index is 834. The third kappa shape index (κ3) is 2.23. The number of fused-ring (bicyclic) bond motifs is 1. The van der Waals surface area contributed by atoms with E-state index in [1.807, 2.05) is 28.9 Å². The lowest BCUT2D eigenvalue weighted by atomic mass is 10.1. The number of aryl methyl sites for hydroxylation is 2. The van der Waals surface area contributed by atoms with Crippen LogP contribution in [0.25, 0.3) is 10.9 Å². The third-order valence-electron chi connectivity index (χ3n) is 3.59. The molecule has 1 aromatic heterocycles. The maximum atomic E-state index is 11.8. The van der Waals surface area contributed by atoms with Gasteiger partial charge >= 0.3 is 0 Å². The highest BCUT2D eigenvalue weighted by Gasteiger charge is 2.05. The Morgan fingerprint density at radius 3 is 2.75 bits per heavy atom. The molecule has 0 N–H and O–H groups in total. The quantitative estimate of drug-likeness (QED) is 0.713. The fourth-order valence-electron chi connectivity index (χ4n) is 2.42. The van der Waals surface area contributed by atoms with Crippen LogP contribution < -0.4 is 5.43 Å². The van der Waals surface area contributed by atoms with Crippen LogP contribution in [0.2, 0.25) is 0 Å². The van der Waals surface area contributed by atoms with Crippen molar-refractivity contribution in [1.29, 1.82) is 0 Å². The molecule has 0 amide bonds. The maximum Gasteiger partial charge on any atom is 0.207 e. The predicted octanol–water partition coefficient (Wildman–Crippen LogP) is 3.06. The highest BCUT2D eigenvalue weighted by Crippen LogP contribution is 2.15. The molecule has 0 unspecified atom stereocenters. The number of hydrogen-bond acceptors (Lipinski definition) is 2. The van der Waals surface area contributed by atoms with Crippen molar-refractivity contribution < 1.29 is 0 Å². The second-order valence-electron chi connectivity index (χ2n) is 5.11. The van der Waals surface area contributed by atoms with Gasteiger partial charge in [0.15, 0.2) is 0 Å². The van der Waals surface area contributed by atoms with Gasteiger partial charge in [-0.3, -0.25) is 9.48 Å². The van der Waals surface area contributed by atoms with Crippen molar-refractivity contribution in [3.8, 4) is 0 Å². The molecule has 0 saturated heterocycles. The molecule has 20 heavy (non-hydrogen) atoms. The fourth-order valence-corrected chi connectivity index (χ4v) is 2.42. The Labute approximate surface area is 117 Å². The molecule has 3 heteroatoms. The van der Waals surface area contributed by atoms with Gasteiger partial charge in [-0.1, -0.05) is 35.9 Å². The van der Waals surface area contributed by atoms with Crippen LogP contribution in [0, 0.1) is 13.8 Å². The molecule has 0 fully saturated rings.